The predicted molar refractivity (Wildman–Crippen MR) is 135 cm³/mol. The highest BCUT2D eigenvalue weighted by atomic mass is 19.2. The molecule has 3 heteroatoms. The standard InChI is InChI=1S/C31H41F3/c1-2-3-5-8-23-15-18-31(19-16-23,27-9-6-4-7-10-27)20-17-24-11-13-25(14-12-24)26-21-28(32)30(34)29(33)22-26/h11-14,21-23,27H,2-10,15-20H2,1H3. The third-order valence-corrected chi connectivity index (χ3v) is 8.97. The summed E-state index contributed by atoms with van der Waals surface area (Å²) in [5.41, 5.74) is 2.87. The van der Waals surface area contributed by atoms with E-state index >= 15 is 0 Å². The van der Waals surface area contributed by atoms with Crippen molar-refractivity contribution in [2.24, 2.45) is 17.3 Å². The molecule has 0 radical (unpaired) electrons. The van der Waals surface area contributed by atoms with Gasteiger partial charge in [0, 0.05) is 0 Å². The van der Waals surface area contributed by atoms with Gasteiger partial charge in [0.05, 0.1) is 0 Å². The van der Waals surface area contributed by atoms with Crippen molar-refractivity contribution in [2.45, 2.75) is 103 Å². The fourth-order valence-corrected chi connectivity index (χ4v) is 6.78. The first-order valence-electron chi connectivity index (χ1n) is 13.7. The second-order valence-corrected chi connectivity index (χ2v) is 11.1. The van der Waals surface area contributed by atoms with E-state index in [1.54, 1.807) is 0 Å². The summed E-state index contributed by atoms with van der Waals surface area (Å²) in [6, 6.07) is 10.1. The minimum absolute atomic E-state index is 0.378. The molecule has 4 rings (SSSR count). The zero-order valence-corrected chi connectivity index (χ0v) is 20.9. The summed E-state index contributed by atoms with van der Waals surface area (Å²) in [6.45, 7) is 2.29. The molecule has 0 atom stereocenters. The van der Waals surface area contributed by atoms with Gasteiger partial charge in [0.15, 0.2) is 17.5 Å². The van der Waals surface area contributed by atoms with Crippen LogP contribution in [0.15, 0.2) is 36.4 Å². The summed E-state index contributed by atoms with van der Waals surface area (Å²) in [5.74, 6) is -1.88. The number of aryl methyl sites for hydroxylation is 1. The molecule has 0 amide bonds. The van der Waals surface area contributed by atoms with Gasteiger partial charge in [-0.1, -0.05) is 76.1 Å². The summed E-state index contributed by atoms with van der Waals surface area (Å²) in [4.78, 5) is 0. The molecule has 2 aromatic carbocycles. The lowest BCUT2D eigenvalue weighted by Gasteiger charge is -2.48. The van der Waals surface area contributed by atoms with Crippen LogP contribution in [-0.4, -0.2) is 0 Å². The third-order valence-electron chi connectivity index (χ3n) is 8.97. The lowest BCUT2D eigenvalue weighted by molar-refractivity contribution is 0.0379. The van der Waals surface area contributed by atoms with Gasteiger partial charge in [-0.15, -0.1) is 0 Å². The van der Waals surface area contributed by atoms with Crippen LogP contribution in [0.25, 0.3) is 11.1 Å². The molecule has 0 spiro atoms. The maximum atomic E-state index is 13.7. The number of halogens is 3. The smallest absolute Gasteiger partial charge is 0.194 e. The van der Waals surface area contributed by atoms with E-state index in [2.05, 4.69) is 19.1 Å². The number of hydrogen-bond acceptors (Lipinski definition) is 0. The SMILES string of the molecule is CCCCCC1CCC(CCc2ccc(-c3cc(F)c(F)c(F)c3)cc2)(C2CCCCC2)CC1. The van der Waals surface area contributed by atoms with Crippen LogP contribution >= 0.6 is 0 Å². The Morgan fingerprint density at radius 1 is 0.794 bits per heavy atom. The fourth-order valence-electron chi connectivity index (χ4n) is 6.78. The molecule has 0 aliphatic heterocycles. The topological polar surface area (TPSA) is 0 Å². The van der Waals surface area contributed by atoms with Gasteiger partial charge in [0.25, 0.3) is 0 Å². The van der Waals surface area contributed by atoms with E-state index in [0.717, 1.165) is 36.0 Å². The largest absolute Gasteiger partial charge is 0.204 e. The summed E-state index contributed by atoms with van der Waals surface area (Å²) in [5, 5.41) is 0. The Balaban J connectivity index is 1.41. The molecule has 0 saturated heterocycles. The van der Waals surface area contributed by atoms with Crippen LogP contribution in [0.3, 0.4) is 0 Å². The van der Waals surface area contributed by atoms with Gasteiger partial charge in [-0.05, 0) is 97.4 Å². The van der Waals surface area contributed by atoms with Gasteiger partial charge < -0.3 is 0 Å². The number of rotatable bonds is 9. The van der Waals surface area contributed by atoms with Gasteiger partial charge in [-0.25, -0.2) is 13.2 Å². The van der Waals surface area contributed by atoms with Crippen molar-refractivity contribution in [1.82, 2.24) is 0 Å². The van der Waals surface area contributed by atoms with E-state index in [1.165, 1.54) is 95.5 Å². The van der Waals surface area contributed by atoms with Crippen LogP contribution in [0, 0.1) is 34.7 Å². The van der Waals surface area contributed by atoms with Gasteiger partial charge in [0.1, 0.15) is 0 Å². The first kappa shape index (κ1) is 25.3. The maximum absolute atomic E-state index is 13.7. The zero-order valence-electron chi connectivity index (χ0n) is 20.9. The Morgan fingerprint density at radius 3 is 2.06 bits per heavy atom. The molecule has 0 nitrogen and oxygen atoms in total. The summed E-state index contributed by atoms with van der Waals surface area (Å²) in [6.07, 6.45) is 20.4. The molecule has 186 valence electrons. The van der Waals surface area contributed by atoms with Crippen LogP contribution in [0.4, 0.5) is 13.2 Å². The molecule has 0 heterocycles. The van der Waals surface area contributed by atoms with Gasteiger partial charge >= 0.3 is 0 Å². The van der Waals surface area contributed by atoms with Crippen LogP contribution < -0.4 is 0 Å². The summed E-state index contributed by atoms with van der Waals surface area (Å²) in [7, 11) is 0. The van der Waals surface area contributed by atoms with E-state index in [-0.39, 0.29) is 0 Å². The second-order valence-electron chi connectivity index (χ2n) is 11.1. The maximum Gasteiger partial charge on any atom is 0.194 e. The second kappa shape index (κ2) is 11.8. The van der Waals surface area contributed by atoms with E-state index in [4.69, 9.17) is 0 Å². The van der Waals surface area contributed by atoms with Gasteiger partial charge in [-0.2, -0.15) is 0 Å². The fraction of sp³-hybridized carbons (Fsp3) is 0.613. The zero-order chi connectivity index (χ0) is 24.0. The molecule has 34 heavy (non-hydrogen) atoms. The summed E-state index contributed by atoms with van der Waals surface area (Å²) >= 11 is 0. The van der Waals surface area contributed by atoms with Crippen molar-refractivity contribution in [3.8, 4) is 11.1 Å². The van der Waals surface area contributed by atoms with E-state index in [0.29, 0.717) is 11.0 Å². The minimum atomic E-state index is -1.41. The molecule has 0 bridgehead atoms. The van der Waals surface area contributed by atoms with Crippen LogP contribution in [-0.2, 0) is 6.42 Å². The molecular weight excluding hydrogens is 429 g/mol. The van der Waals surface area contributed by atoms with Crippen LogP contribution in [0.2, 0.25) is 0 Å². The van der Waals surface area contributed by atoms with Gasteiger partial charge in [-0.3, -0.25) is 0 Å². The highest BCUT2D eigenvalue weighted by Gasteiger charge is 2.41. The van der Waals surface area contributed by atoms with Crippen molar-refractivity contribution >= 4 is 0 Å². The molecule has 2 aliphatic carbocycles. The minimum Gasteiger partial charge on any atom is -0.204 e. The Labute approximate surface area is 204 Å². The van der Waals surface area contributed by atoms with Crippen molar-refractivity contribution < 1.29 is 13.2 Å². The average Bonchev–Trinajstić information content (AvgIpc) is 2.87. The molecule has 2 fully saturated rings. The Bertz CT molecular complexity index is 880. The molecule has 0 N–H and O–H groups in total. The monoisotopic (exact) mass is 470 g/mol. The van der Waals surface area contributed by atoms with Gasteiger partial charge in [0.2, 0.25) is 0 Å². The van der Waals surface area contributed by atoms with Crippen molar-refractivity contribution in [3.63, 3.8) is 0 Å². The number of unbranched alkanes of at least 4 members (excludes halogenated alkanes) is 2. The molecule has 0 unspecified atom stereocenters. The highest BCUT2D eigenvalue weighted by Crippen LogP contribution is 2.52. The molecule has 2 aliphatic rings. The lowest BCUT2D eigenvalue weighted by atomic mass is 9.58. The molecular formula is C31H41F3. The predicted octanol–water partition coefficient (Wildman–Crippen LogP) is 10.0. The van der Waals surface area contributed by atoms with Crippen LogP contribution in [0.5, 0.6) is 0 Å². The van der Waals surface area contributed by atoms with E-state index < -0.39 is 17.5 Å². The first-order valence-corrected chi connectivity index (χ1v) is 13.7. The highest BCUT2D eigenvalue weighted by molar-refractivity contribution is 5.63. The van der Waals surface area contributed by atoms with E-state index in [1.807, 2.05) is 12.1 Å². The summed E-state index contributed by atoms with van der Waals surface area (Å²) < 4.78 is 40.6. The average molecular weight is 471 g/mol. The first-order chi connectivity index (χ1) is 16.5. The quantitative estimate of drug-likeness (QED) is 0.253. The third kappa shape index (κ3) is 6.07. The Kier molecular flexibility index (Phi) is 8.77. The van der Waals surface area contributed by atoms with Crippen molar-refractivity contribution in [2.75, 3.05) is 0 Å². The Hall–Kier alpha value is -1.77. The normalized spacial score (nSPS) is 23.8. The number of hydrogen-bond donors (Lipinski definition) is 0. The molecule has 2 saturated carbocycles. The van der Waals surface area contributed by atoms with Crippen LogP contribution in [0.1, 0.15) is 102 Å². The molecule has 0 aromatic heterocycles. The Morgan fingerprint density at radius 2 is 1.44 bits per heavy atom. The lowest BCUT2D eigenvalue weighted by Crippen LogP contribution is -2.36. The van der Waals surface area contributed by atoms with Crippen molar-refractivity contribution in [1.29, 1.82) is 0 Å². The molecule has 2 aromatic rings. The van der Waals surface area contributed by atoms with E-state index in [9.17, 15) is 13.2 Å². The van der Waals surface area contributed by atoms with Crippen molar-refractivity contribution in [3.05, 3.63) is 59.4 Å². The number of benzene rings is 2.